The monoisotopic (exact) mass is 496 g/mol. The third kappa shape index (κ3) is 2.91. The first-order chi connectivity index (χ1) is 15.4. The zero-order valence-electron chi connectivity index (χ0n) is 17.2. The third-order valence-corrected chi connectivity index (χ3v) is 13.9. The molecule has 0 N–H and O–H groups in total. The second-order valence-electron chi connectivity index (χ2n) is 7.81. The van der Waals surface area contributed by atoms with Crippen LogP contribution in [0.25, 0.3) is 4.96 Å². The molecule has 0 aliphatic heterocycles. The molecule has 7 heteroatoms. The van der Waals surface area contributed by atoms with E-state index in [1.807, 2.05) is 54.6 Å². The van der Waals surface area contributed by atoms with Crippen molar-refractivity contribution in [1.82, 2.24) is 9.38 Å². The maximum atomic E-state index is 13.4. The zero-order valence-corrected chi connectivity index (χ0v) is 20.4. The first-order valence-electron chi connectivity index (χ1n) is 10.0. The summed E-state index contributed by atoms with van der Waals surface area (Å²) in [5.74, 6) is 0. The van der Waals surface area contributed by atoms with Gasteiger partial charge in [-0.15, -0.1) is 0 Å². The first-order valence-corrected chi connectivity index (χ1v) is 14.3. The summed E-state index contributed by atoms with van der Waals surface area (Å²) < 4.78 is 1.92. The van der Waals surface area contributed by atoms with Crippen LogP contribution in [-0.2, 0) is 0 Å². The van der Waals surface area contributed by atoms with Crippen LogP contribution >= 0.6 is 41.1 Å². The molecule has 0 amide bonds. The predicted molar refractivity (Wildman–Crippen MR) is 140 cm³/mol. The second-order valence-corrected chi connectivity index (χ2v) is 14.9. The molecule has 0 unspecified atom stereocenters. The Bertz CT molecular complexity index is 1390. The number of halogens is 2. The van der Waals surface area contributed by atoms with Crippen LogP contribution in [0.1, 0.15) is 0 Å². The summed E-state index contributed by atoms with van der Waals surface area (Å²) in [5, 5.41) is 3.36. The van der Waals surface area contributed by atoms with Crippen molar-refractivity contribution in [2.75, 3.05) is 6.66 Å². The average Bonchev–Trinajstić information content (AvgIpc) is 3.23. The van der Waals surface area contributed by atoms with Gasteiger partial charge in [-0.3, -0.25) is 0 Å². The van der Waals surface area contributed by atoms with Crippen molar-refractivity contribution >= 4 is 67.5 Å². The van der Waals surface area contributed by atoms with E-state index in [1.165, 1.54) is 15.7 Å². The number of nitrogens with zero attached hydrogens (tertiary/aromatic N) is 2. The molecule has 0 aliphatic rings. The van der Waals surface area contributed by atoms with Gasteiger partial charge in [0.15, 0.2) is 0 Å². The molecule has 3 aromatic carbocycles. The molecular formula is C25H19Cl2N2OPS. The van der Waals surface area contributed by atoms with Gasteiger partial charge in [0.05, 0.1) is 0 Å². The van der Waals surface area contributed by atoms with Crippen molar-refractivity contribution in [3.8, 4) is 0 Å². The molecule has 2 aromatic heterocycles. The fourth-order valence-electron chi connectivity index (χ4n) is 4.47. The fraction of sp³-hybridized carbons (Fsp3) is 0.0400. The molecule has 0 aliphatic carbocycles. The van der Waals surface area contributed by atoms with Crippen molar-refractivity contribution < 1.29 is 0 Å². The van der Waals surface area contributed by atoms with E-state index in [0.29, 0.717) is 14.7 Å². The summed E-state index contributed by atoms with van der Waals surface area (Å²) in [6, 6.07) is 30.8. The van der Waals surface area contributed by atoms with E-state index in [1.54, 1.807) is 6.20 Å². The van der Waals surface area contributed by atoms with E-state index in [9.17, 15) is 4.79 Å². The van der Waals surface area contributed by atoms with Gasteiger partial charge >= 0.3 is 200 Å². The van der Waals surface area contributed by atoms with Crippen molar-refractivity contribution in [2.24, 2.45) is 0 Å². The van der Waals surface area contributed by atoms with Gasteiger partial charge in [0.1, 0.15) is 0 Å². The molecule has 0 atom stereocenters. The normalized spacial score (nSPS) is 13.0. The average molecular weight is 497 g/mol. The van der Waals surface area contributed by atoms with Crippen LogP contribution in [0.4, 0.5) is 0 Å². The standard InChI is InChI=1S/C25H19Cl2N2OPS/c1-31(18-11-5-2-6-12-18,19-13-7-3-8-14-19,20-15-9-4-10-16-20)23-22(27)24(30)29-17-21(26)32-25(29)28-23/h2-17H,1H3. The van der Waals surface area contributed by atoms with Crippen LogP contribution < -0.4 is 26.9 Å². The summed E-state index contributed by atoms with van der Waals surface area (Å²) in [6.07, 6.45) is 1.57. The van der Waals surface area contributed by atoms with Gasteiger partial charge in [0.25, 0.3) is 0 Å². The van der Waals surface area contributed by atoms with E-state index >= 15 is 0 Å². The third-order valence-electron chi connectivity index (χ3n) is 6.16. The minimum absolute atomic E-state index is 0.119. The zero-order chi connectivity index (χ0) is 22.4. The summed E-state index contributed by atoms with van der Waals surface area (Å²) in [4.78, 5) is 19.0. The maximum absolute atomic E-state index is 13.4. The summed E-state index contributed by atoms with van der Waals surface area (Å²) in [6.45, 7) is -1.28. The SMILES string of the molecule is CP(c1ccccc1)(c1ccccc1)(c1ccccc1)c1nc2sc(Cl)cn2c(=O)c1Cl. The molecule has 32 heavy (non-hydrogen) atoms. The molecule has 5 rings (SSSR count). The van der Waals surface area contributed by atoms with Crippen LogP contribution in [-0.4, -0.2) is 16.0 Å². The van der Waals surface area contributed by atoms with Crippen molar-refractivity contribution in [1.29, 1.82) is 0 Å². The Morgan fingerprint density at radius 2 is 1.22 bits per heavy atom. The van der Waals surface area contributed by atoms with Crippen LogP contribution in [0.5, 0.6) is 0 Å². The van der Waals surface area contributed by atoms with Gasteiger partial charge in [-0.25, -0.2) is 0 Å². The van der Waals surface area contributed by atoms with Crippen molar-refractivity contribution in [3.05, 3.63) is 117 Å². The topological polar surface area (TPSA) is 34.4 Å². The Hall–Kier alpha value is -2.49. The van der Waals surface area contributed by atoms with Crippen molar-refractivity contribution in [2.45, 2.75) is 0 Å². The summed E-state index contributed by atoms with van der Waals surface area (Å²) in [7, 11) is 0. The Kier molecular flexibility index (Phi) is 5.22. The number of thiazole rings is 1. The van der Waals surface area contributed by atoms with Crippen LogP contribution in [0.2, 0.25) is 9.36 Å². The molecule has 0 radical (unpaired) electrons. The molecule has 160 valence electrons. The van der Waals surface area contributed by atoms with Gasteiger partial charge in [-0.1, -0.05) is 0 Å². The molecule has 0 saturated carbocycles. The Morgan fingerprint density at radius 3 is 1.66 bits per heavy atom. The molecule has 3 nitrogen and oxygen atoms in total. The summed E-state index contributed by atoms with van der Waals surface area (Å²) in [5.41, 5.74) is 0.290. The molecule has 0 saturated heterocycles. The Morgan fingerprint density at radius 1 is 0.781 bits per heavy atom. The number of benzene rings is 3. The van der Waals surface area contributed by atoms with Gasteiger partial charge in [0, 0.05) is 0 Å². The van der Waals surface area contributed by atoms with E-state index in [-0.39, 0.29) is 10.6 Å². The van der Waals surface area contributed by atoms with Crippen LogP contribution in [0, 0.1) is 0 Å². The van der Waals surface area contributed by atoms with Gasteiger partial charge in [0.2, 0.25) is 0 Å². The molecule has 0 bridgehead atoms. The molecular weight excluding hydrogens is 478 g/mol. The van der Waals surface area contributed by atoms with E-state index in [2.05, 4.69) is 43.1 Å². The van der Waals surface area contributed by atoms with Crippen molar-refractivity contribution in [3.63, 3.8) is 0 Å². The quantitative estimate of drug-likeness (QED) is 0.333. The molecule has 0 spiro atoms. The van der Waals surface area contributed by atoms with Crippen LogP contribution in [0.15, 0.2) is 102 Å². The molecule has 2 heterocycles. The van der Waals surface area contributed by atoms with E-state index in [4.69, 9.17) is 28.2 Å². The fourth-order valence-corrected chi connectivity index (χ4v) is 11.6. The number of aromatic nitrogens is 2. The molecule has 5 aromatic rings. The van der Waals surface area contributed by atoms with E-state index < -0.39 is 6.60 Å². The molecule has 0 fully saturated rings. The van der Waals surface area contributed by atoms with Gasteiger partial charge < -0.3 is 0 Å². The number of rotatable bonds is 4. The summed E-state index contributed by atoms with van der Waals surface area (Å²) >= 11 is 14.4. The van der Waals surface area contributed by atoms with E-state index in [0.717, 1.165) is 15.9 Å². The minimum atomic E-state index is -3.50. The Labute approximate surface area is 199 Å². The number of hydrogen-bond donors (Lipinski definition) is 0. The predicted octanol–water partition coefficient (Wildman–Crippen LogP) is 4.85. The second kappa shape index (κ2) is 7.83. The number of hydrogen-bond acceptors (Lipinski definition) is 3. The van der Waals surface area contributed by atoms with Gasteiger partial charge in [-0.05, 0) is 0 Å². The van der Waals surface area contributed by atoms with Gasteiger partial charge in [-0.2, -0.15) is 0 Å². The number of fused-ring (bicyclic) bond motifs is 1. The first kappa shape index (κ1) is 21.4. The Balaban J connectivity index is 2.07. The van der Waals surface area contributed by atoms with Crippen LogP contribution in [0.3, 0.4) is 0 Å².